The molecule has 15 nitrogen and oxygen atoms in total. The van der Waals surface area contributed by atoms with Gasteiger partial charge in [0.15, 0.2) is 0 Å². The molecule has 54 heavy (non-hydrogen) atoms. The van der Waals surface area contributed by atoms with Gasteiger partial charge < -0.3 is 34.8 Å². The summed E-state index contributed by atoms with van der Waals surface area (Å²) in [6, 6.07) is 13.0. The molecule has 0 saturated heterocycles. The Hall–Kier alpha value is -6.91. The number of aldehydes is 1. The van der Waals surface area contributed by atoms with Gasteiger partial charge in [0.2, 0.25) is 0 Å². The number of rotatable bonds is 12. The minimum absolute atomic E-state index is 0.00341. The Kier molecular flexibility index (Phi) is 10.8. The van der Waals surface area contributed by atoms with Crippen LogP contribution >= 0.6 is 11.3 Å². The molecule has 272 valence electrons. The predicted octanol–water partition coefficient (Wildman–Crippen LogP) is 4.20. The number of aliphatic hydroxyl groups is 1. The molecule has 2 amide bonds. The summed E-state index contributed by atoms with van der Waals surface area (Å²) in [5.74, 6) is -2.66. The van der Waals surface area contributed by atoms with E-state index in [1.165, 1.54) is 29.5 Å². The molecule has 0 radical (unpaired) electrons. The van der Waals surface area contributed by atoms with E-state index >= 15 is 0 Å². The first kappa shape index (κ1) is 36.9. The van der Waals surface area contributed by atoms with Crippen molar-refractivity contribution < 1.29 is 29.4 Å². The zero-order valence-corrected chi connectivity index (χ0v) is 29.5. The number of nitrogens with one attached hydrogen (secondary N) is 2. The molecule has 6 rings (SSSR count). The first-order valence-electron chi connectivity index (χ1n) is 16.3. The molecule has 0 spiro atoms. The zero-order chi connectivity index (χ0) is 38.5. The minimum Gasteiger partial charge on any atom is -0.480 e. The molecule has 0 fully saturated rings. The lowest BCUT2D eigenvalue weighted by atomic mass is 10.1. The Morgan fingerprint density at radius 3 is 2.13 bits per heavy atom. The van der Waals surface area contributed by atoms with E-state index in [1.807, 2.05) is 19.9 Å². The number of carbonyl (C=O) groups is 4. The number of hydrogen-bond donors (Lipinski definition) is 4. The summed E-state index contributed by atoms with van der Waals surface area (Å²) in [6.45, 7) is 2.04. The number of aryl methyl sites for hydroxylation is 2. The van der Waals surface area contributed by atoms with Crippen molar-refractivity contribution in [3.05, 3.63) is 134 Å². The van der Waals surface area contributed by atoms with E-state index in [0.717, 1.165) is 43.1 Å². The second-order valence-corrected chi connectivity index (χ2v) is 13.1. The fourth-order valence-electron chi connectivity index (χ4n) is 5.68. The van der Waals surface area contributed by atoms with Crippen molar-refractivity contribution in [3.8, 4) is 32.8 Å². The molecule has 0 saturated carbocycles. The molecular weight excluding hydrogens is 715 g/mol. The summed E-state index contributed by atoms with van der Waals surface area (Å²) in [5, 5.41) is 24.9. The highest BCUT2D eigenvalue weighted by molar-refractivity contribution is 7.17. The van der Waals surface area contributed by atoms with E-state index in [2.05, 4.69) is 25.6 Å². The van der Waals surface area contributed by atoms with Gasteiger partial charge in [-0.25, -0.2) is 4.98 Å². The molecule has 6 aromatic heterocycles. The van der Waals surface area contributed by atoms with Crippen LogP contribution in [0.5, 0.6) is 0 Å². The largest absolute Gasteiger partial charge is 0.480 e. The normalized spacial score (nSPS) is 11.5. The standard InChI is InChI=1S/C38H31N7O8S/c1-21-7-8-30(43-33(21)23-5-3-9-39-14-23)35(50)41-25-12-28(37(52)44(16-25)18-32(48)49)29-13-26(17-45(38(29)53)27(19-46)20-47)42-36(51)31-11-22(2)34(54-31)24-6-4-10-40-15-24/h3-17,19,27,47H,18,20H2,1-2H3,(H,41,50)(H,42,51)(H,48,49). The molecule has 0 aliphatic heterocycles. The fourth-order valence-corrected chi connectivity index (χ4v) is 6.74. The van der Waals surface area contributed by atoms with Gasteiger partial charge in [0.1, 0.15) is 24.6 Å². The SMILES string of the molecule is Cc1ccc(C(=O)Nc2cc(-c3cc(NC(=O)c4cc(C)c(-c5cccnc5)s4)cn(C(C=O)CO)c3=O)c(=O)n(CC(=O)O)c2)nc1-c1cccnc1. The molecule has 0 bridgehead atoms. The topological polar surface area (TPSA) is 215 Å². The zero-order valence-electron chi connectivity index (χ0n) is 28.7. The summed E-state index contributed by atoms with van der Waals surface area (Å²) < 4.78 is 1.66. The molecule has 6 heterocycles. The van der Waals surface area contributed by atoms with Gasteiger partial charge >= 0.3 is 5.97 Å². The van der Waals surface area contributed by atoms with E-state index in [4.69, 9.17) is 0 Å². The van der Waals surface area contributed by atoms with Crippen LogP contribution in [-0.4, -0.2) is 65.0 Å². The summed E-state index contributed by atoms with van der Waals surface area (Å²) in [5.41, 5.74) is 0.962. The van der Waals surface area contributed by atoms with E-state index in [1.54, 1.807) is 55.1 Å². The second kappa shape index (κ2) is 15.8. The van der Waals surface area contributed by atoms with Gasteiger partial charge in [-0.05, 0) is 67.4 Å². The van der Waals surface area contributed by atoms with Crippen LogP contribution in [0, 0.1) is 13.8 Å². The third-order valence-electron chi connectivity index (χ3n) is 8.27. The van der Waals surface area contributed by atoms with Gasteiger partial charge in [-0.1, -0.05) is 12.1 Å². The number of aliphatic carboxylic acids is 1. The number of amides is 2. The van der Waals surface area contributed by atoms with Crippen molar-refractivity contribution >= 4 is 46.8 Å². The summed E-state index contributed by atoms with van der Waals surface area (Å²) in [7, 11) is 0. The van der Waals surface area contributed by atoms with E-state index in [0.29, 0.717) is 22.4 Å². The molecule has 0 aliphatic carbocycles. The van der Waals surface area contributed by atoms with Crippen LogP contribution in [0.2, 0.25) is 0 Å². The number of hydrogen-bond acceptors (Lipinski definition) is 11. The molecule has 1 atom stereocenters. The number of carbonyl (C=O) groups excluding carboxylic acids is 3. The van der Waals surface area contributed by atoms with Crippen LogP contribution in [0.4, 0.5) is 11.4 Å². The van der Waals surface area contributed by atoms with Gasteiger partial charge in [0.25, 0.3) is 22.9 Å². The lowest BCUT2D eigenvalue weighted by Crippen LogP contribution is -2.32. The highest BCUT2D eigenvalue weighted by Crippen LogP contribution is 2.32. The number of thiophene rings is 1. The first-order valence-corrected chi connectivity index (χ1v) is 17.1. The highest BCUT2D eigenvalue weighted by atomic mass is 32.1. The first-order chi connectivity index (χ1) is 26.0. The van der Waals surface area contributed by atoms with Gasteiger partial charge in [0.05, 0.1) is 39.7 Å². The van der Waals surface area contributed by atoms with Crippen LogP contribution in [0.1, 0.15) is 37.3 Å². The van der Waals surface area contributed by atoms with Crippen molar-refractivity contribution in [2.75, 3.05) is 17.2 Å². The average Bonchev–Trinajstić information content (AvgIpc) is 3.56. The number of aromatic nitrogens is 5. The smallest absolute Gasteiger partial charge is 0.323 e. The number of anilines is 2. The highest BCUT2D eigenvalue weighted by Gasteiger charge is 2.22. The third-order valence-corrected chi connectivity index (χ3v) is 9.56. The Morgan fingerprint density at radius 2 is 1.50 bits per heavy atom. The maximum absolute atomic E-state index is 13.9. The number of nitrogens with zero attached hydrogens (tertiary/aromatic N) is 5. The number of aliphatic hydroxyl groups excluding tert-OH is 1. The van der Waals surface area contributed by atoms with Crippen LogP contribution in [-0.2, 0) is 16.1 Å². The molecular formula is C38H31N7O8S. The van der Waals surface area contributed by atoms with E-state index < -0.39 is 48.1 Å². The minimum atomic E-state index is -1.40. The number of carboxylic acids is 1. The molecule has 16 heteroatoms. The average molecular weight is 746 g/mol. The Labute approximate surface area is 310 Å². The maximum atomic E-state index is 13.9. The van der Waals surface area contributed by atoms with Crippen LogP contribution < -0.4 is 21.8 Å². The van der Waals surface area contributed by atoms with Gasteiger partial charge in [-0.3, -0.25) is 33.9 Å². The summed E-state index contributed by atoms with van der Waals surface area (Å²) >= 11 is 1.21. The summed E-state index contributed by atoms with van der Waals surface area (Å²) in [4.78, 5) is 92.3. The van der Waals surface area contributed by atoms with Gasteiger partial charge in [-0.2, -0.15) is 0 Å². The number of pyridine rings is 5. The van der Waals surface area contributed by atoms with Crippen molar-refractivity contribution in [1.29, 1.82) is 0 Å². The number of carboxylic acid groups (broad SMARTS) is 1. The predicted molar refractivity (Wildman–Crippen MR) is 201 cm³/mol. The van der Waals surface area contributed by atoms with E-state index in [9.17, 15) is 39.0 Å². The second-order valence-electron chi connectivity index (χ2n) is 12.1. The van der Waals surface area contributed by atoms with Crippen molar-refractivity contribution in [1.82, 2.24) is 24.1 Å². The molecule has 1 unspecified atom stereocenters. The molecule has 4 N–H and O–H groups in total. The van der Waals surface area contributed by atoms with Crippen molar-refractivity contribution in [2.24, 2.45) is 0 Å². The van der Waals surface area contributed by atoms with Gasteiger partial charge in [-0.15, -0.1) is 11.3 Å². The Balaban J connectivity index is 1.42. The monoisotopic (exact) mass is 745 g/mol. The van der Waals surface area contributed by atoms with Crippen LogP contribution in [0.15, 0.2) is 101 Å². The van der Waals surface area contributed by atoms with Gasteiger partial charge in [0, 0.05) is 53.2 Å². The quantitative estimate of drug-likeness (QED) is 0.130. The maximum Gasteiger partial charge on any atom is 0.323 e. The lowest BCUT2D eigenvalue weighted by Gasteiger charge is -2.17. The van der Waals surface area contributed by atoms with Crippen LogP contribution in [0.3, 0.4) is 0 Å². The molecule has 0 aromatic carbocycles. The lowest BCUT2D eigenvalue weighted by molar-refractivity contribution is -0.137. The van der Waals surface area contributed by atoms with Crippen molar-refractivity contribution in [3.63, 3.8) is 0 Å². The molecule has 6 aromatic rings. The summed E-state index contributed by atoms with van der Waals surface area (Å²) in [6.07, 6.45) is 9.10. The van der Waals surface area contributed by atoms with Crippen molar-refractivity contribution in [2.45, 2.75) is 26.4 Å². The Morgan fingerprint density at radius 1 is 0.852 bits per heavy atom. The third kappa shape index (κ3) is 7.79. The Bertz CT molecular complexity index is 2530. The molecule has 0 aliphatic rings. The van der Waals surface area contributed by atoms with E-state index in [-0.39, 0.29) is 28.2 Å². The fraction of sp³-hybridized carbons (Fsp3) is 0.132. The van der Waals surface area contributed by atoms with Crippen LogP contribution in [0.25, 0.3) is 32.8 Å².